The Morgan fingerprint density at radius 1 is 1.05 bits per heavy atom. The van der Waals surface area contributed by atoms with Gasteiger partial charge in [-0.05, 0) is 56.0 Å². The van der Waals surface area contributed by atoms with E-state index < -0.39 is 0 Å². The van der Waals surface area contributed by atoms with Gasteiger partial charge in [-0.25, -0.2) is 0 Å². The average molecular weight is 273 g/mol. The fraction of sp³-hybridized carbons (Fsp3) is 0.647. The third kappa shape index (κ3) is 3.66. The van der Waals surface area contributed by atoms with Gasteiger partial charge in [-0.1, -0.05) is 6.92 Å². The normalized spacial score (nSPS) is 20.1. The van der Waals surface area contributed by atoms with Crippen molar-refractivity contribution in [3.8, 4) is 0 Å². The average Bonchev–Trinajstić information content (AvgIpc) is 3.31. The van der Waals surface area contributed by atoms with E-state index in [-0.39, 0.29) is 0 Å². The molecule has 0 bridgehead atoms. The van der Waals surface area contributed by atoms with E-state index >= 15 is 0 Å². The van der Waals surface area contributed by atoms with Crippen molar-refractivity contribution in [3.63, 3.8) is 0 Å². The number of piperazine rings is 1. The van der Waals surface area contributed by atoms with Crippen molar-refractivity contribution < 1.29 is 0 Å². The molecular formula is C17H27N3. The molecule has 1 saturated carbocycles. The summed E-state index contributed by atoms with van der Waals surface area (Å²) in [5.74, 6) is 0.932. The first-order chi connectivity index (χ1) is 9.85. The highest BCUT2D eigenvalue weighted by atomic mass is 15.3. The Balaban J connectivity index is 1.49. The molecule has 1 N–H and O–H groups in total. The highest BCUT2D eigenvalue weighted by Crippen LogP contribution is 2.29. The molecule has 0 unspecified atom stereocenters. The summed E-state index contributed by atoms with van der Waals surface area (Å²) in [6, 6.07) is 9.00. The first-order valence-electron chi connectivity index (χ1n) is 8.16. The summed E-state index contributed by atoms with van der Waals surface area (Å²) < 4.78 is 0. The molecular weight excluding hydrogens is 246 g/mol. The number of benzene rings is 1. The van der Waals surface area contributed by atoms with Gasteiger partial charge in [-0.3, -0.25) is 4.90 Å². The fourth-order valence-electron chi connectivity index (χ4n) is 2.92. The van der Waals surface area contributed by atoms with Gasteiger partial charge in [0.1, 0.15) is 0 Å². The minimum Gasteiger partial charge on any atom is -0.385 e. The zero-order chi connectivity index (χ0) is 13.8. The molecule has 2 fully saturated rings. The molecule has 3 heteroatoms. The summed E-state index contributed by atoms with van der Waals surface area (Å²) >= 11 is 0. The monoisotopic (exact) mass is 273 g/mol. The first kappa shape index (κ1) is 13.7. The minimum atomic E-state index is 0.932. The summed E-state index contributed by atoms with van der Waals surface area (Å²) in [4.78, 5) is 5.08. The molecule has 1 aromatic rings. The van der Waals surface area contributed by atoms with Gasteiger partial charge < -0.3 is 10.2 Å². The van der Waals surface area contributed by atoms with Gasteiger partial charge in [-0.2, -0.15) is 0 Å². The molecule has 0 aromatic heterocycles. The van der Waals surface area contributed by atoms with Crippen LogP contribution in [0.1, 0.15) is 26.2 Å². The first-order valence-corrected chi connectivity index (χ1v) is 8.16. The predicted octanol–water partition coefficient (Wildman–Crippen LogP) is 3.04. The summed E-state index contributed by atoms with van der Waals surface area (Å²) in [7, 11) is 0. The van der Waals surface area contributed by atoms with Crippen molar-refractivity contribution in [2.24, 2.45) is 5.92 Å². The van der Waals surface area contributed by atoms with Crippen molar-refractivity contribution in [2.45, 2.75) is 26.2 Å². The summed E-state index contributed by atoms with van der Waals surface area (Å²) in [5.41, 5.74) is 2.64. The second-order valence-electron chi connectivity index (χ2n) is 6.20. The Morgan fingerprint density at radius 3 is 2.35 bits per heavy atom. The van der Waals surface area contributed by atoms with Crippen LogP contribution < -0.4 is 10.2 Å². The van der Waals surface area contributed by atoms with E-state index in [4.69, 9.17) is 0 Å². The van der Waals surface area contributed by atoms with Crippen LogP contribution in [0.2, 0.25) is 0 Å². The lowest BCUT2D eigenvalue weighted by atomic mass is 10.2. The molecule has 3 rings (SSSR count). The molecule has 3 nitrogen and oxygen atoms in total. The maximum Gasteiger partial charge on any atom is 0.0368 e. The standard InChI is InChI=1S/C17H27N3/c1-2-9-19-10-12-20(13-11-19)17-7-5-16(6-8-17)18-14-15-3-4-15/h5-8,15,18H,2-4,9-14H2,1H3. The van der Waals surface area contributed by atoms with E-state index in [9.17, 15) is 0 Å². The molecule has 2 aliphatic rings. The van der Waals surface area contributed by atoms with E-state index in [2.05, 4.69) is 46.3 Å². The second-order valence-corrected chi connectivity index (χ2v) is 6.20. The van der Waals surface area contributed by atoms with Crippen molar-refractivity contribution in [3.05, 3.63) is 24.3 Å². The molecule has 0 radical (unpaired) electrons. The summed E-state index contributed by atoms with van der Waals surface area (Å²) in [6.07, 6.45) is 4.08. The van der Waals surface area contributed by atoms with Crippen molar-refractivity contribution >= 4 is 11.4 Å². The molecule has 1 aliphatic heterocycles. The Labute approximate surface area is 123 Å². The third-order valence-corrected chi connectivity index (χ3v) is 4.44. The smallest absolute Gasteiger partial charge is 0.0368 e. The highest BCUT2D eigenvalue weighted by Gasteiger charge is 2.20. The number of nitrogens with zero attached hydrogens (tertiary/aromatic N) is 2. The Hall–Kier alpha value is -1.22. The molecule has 0 atom stereocenters. The molecule has 1 heterocycles. The lowest BCUT2D eigenvalue weighted by molar-refractivity contribution is 0.258. The van der Waals surface area contributed by atoms with E-state index in [1.807, 2.05) is 0 Å². The predicted molar refractivity (Wildman–Crippen MR) is 86.6 cm³/mol. The van der Waals surface area contributed by atoms with Crippen LogP contribution in [-0.2, 0) is 0 Å². The molecule has 1 aromatic carbocycles. The summed E-state index contributed by atoms with van der Waals surface area (Å²) in [6.45, 7) is 9.39. The van der Waals surface area contributed by atoms with Crippen LogP contribution in [0.4, 0.5) is 11.4 Å². The van der Waals surface area contributed by atoms with E-state index in [0.29, 0.717) is 0 Å². The lowest BCUT2D eigenvalue weighted by Gasteiger charge is -2.36. The number of anilines is 2. The topological polar surface area (TPSA) is 18.5 Å². The van der Waals surface area contributed by atoms with Crippen LogP contribution in [0.3, 0.4) is 0 Å². The molecule has 0 amide bonds. The maximum absolute atomic E-state index is 3.53. The molecule has 1 aliphatic carbocycles. The quantitative estimate of drug-likeness (QED) is 0.859. The van der Waals surface area contributed by atoms with Crippen molar-refractivity contribution in [2.75, 3.05) is 49.5 Å². The largest absolute Gasteiger partial charge is 0.385 e. The van der Waals surface area contributed by atoms with Gasteiger partial charge in [-0.15, -0.1) is 0 Å². The van der Waals surface area contributed by atoms with Crippen LogP contribution in [-0.4, -0.2) is 44.2 Å². The minimum absolute atomic E-state index is 0.932. The molecule has 0 spiro atoms. The molecule has 1 saturated heterocycles. The van der Waals surface area contributed by atoms with Crippen molar-refractivity contribution in [1.82, 2.24) is 4.90 Å². The van der Waals surface area contributed by atoms with Gasteiger partial charge in [0.15, 0.2) is 0 Å². The highest BCUT2D eigenvalue weighted by molar-refractivity contribution is 5.55. The van der Waals surface area contributed by atoms with Gasteiger partial charge in [0.25, 0.3) is 0 Å². The van der Waals surface area contributed by atoms with Crippen LogP contribution in [0.15, 0.2) is 24.3 Å². The molecule has 20 heavy (non-hydrogen) atoms. The zero-order valence-corrected chi connectivity index (χ0v) is 12.6. The van der Waals surface area contributed by atoms with Crippen LogP contribution in [0.5, 0.6) is 0 Å². The van der Waals surface area contributed by atoms with Crippen LogP contribution >= 0.6 is 0 Å². The molecule has 110 valence electrons. The van der Waals surface area contributed by atoms with Crippen molar-refractivity contribution in [1.29, 1.82) is 0 Å². The maximum atomic E-state index is 3.53. The SMILES string of the molecule is CCCN1CCN(c2ccc(NCC3CC3)cc2)CC1. The van der Waals surface area contributed by atoms with Gasteiger partial charge in [0, 0.05) is 44.1 Å². The van der Waals surface area contributed by atoms with Gasteiger partial charge in [0.2, 0.25) is 0 Å². The van der Waals surface area contributed by atoms with E-state index in [1.165, 1.54) is 50.3 Å². The van der Waals surface area contributed by atoms with E-state index in [1.54, 1.807) is 0 Å². The van der Waals surface area contributed by atoms with E-state index in [0.717, 1.165) is 25.6 Å². The fourth-order valence-corrected chi connectivity index (χ4v) is 2.92. The Morgan fingerprint density at radius 2 is 1.75 bits per heavy atom. The Bertz CT molecular complexity index is 403. The number of rotatable bonds is 6. The van der Waals surface area contributed by atoms with Gasteiger partial charge in [0.05, 0.1) is 0 Å². The second kappa shape index (κ2) is 6.49. The van der Waals surface area contributed by atoms with Crippen LogP contribution in [0, 0.1) is 5.92 Å². The summed E-state index contributed by atoms with van der Waals surface area (Å²) in [5, 5.41) is 3.53. The van der Waals surface area contributed by atoms with Crippen LogP contribution in [0.25, 0.3) is 0 Å². The third-order valence-electron chi connectivity index (χ3n) is 4.44. The number of hydrogen-bond acceptors (Lipinski definition) is 3. The number of hydrogen-bond donors (Lipinski definition) is 1. The lowest BCUT2D eigenvalue weighted by Crippen LogP contribution is -2.46. The van der Waals surface area contributed by atoms with Gasteiger partial charge >= 0.3 is 0 Å². The Kier molecular flexibility index (Phi) is 4.46. The zero-order valence-electron chi connectivity index (χ0n) is 12.6. The number of nitrogens with one attached hydrogen (secondary N) is 1.